The van der Waals surface area contributed by atoms with Crippen LogP contribution in [0, 0.1) is 0 Å². The fraction of sp³-hybridized carbons (Fsp3) is 0.421. The quantitative estimate of drug-likeness (QED) is 0.0267. The highest BCUT2D eigenvalue weighted by atomic mass is 32.2. The van der Waals surface area contributed by atoms with Crippen molar-refractivity contribution in [2.75, 3.05) is 6.61 Å². The van der Waals surface area contributed by atoms with Crippen molar-refractivity contribution in [1.29, 1.82) is 0 Å². The first kappa shape index (κ1) is 35.2. The second-order valence-electron chi connectivity index (χ2n) is 11.0. The molecule has 0 amide bonds. The van der Waals surface area contributed by atoms with Crippen molar-refractivity contribution in [3.63, 3.8) is 0 Å². The molecule has 0 N–H and O–H groups in total. The summed E-state index contributed by atoms with van der Waals surface area (Å²) in [4.78, 5) is 4.39. The average molecular weight is 612 g/mol. The lowest BCUT2D eigenvalue weighted by molar-refractivity contribution is 0.0186. The molecule has 0 bridgehead atoms. The first-order chi connectivity index (χ1) is 21.8. The van der Waals surface area contributed by atoms with Crippen LogP contribution in [0.1, 0.15) is 75.8 Å². The zero-order valence-corrected chi connectivity index (χ0v) is 27.1. The molecule has 0 saturated carbocycles. The Morgan fingerprint density at radius 2 is 1.36 bits per heavy atom. The van der Waals surface area contributed by atoms with Crippen molar-refractivity contribution < 1.29 is 9.47 Å². The van der Waals surface area contributed by atoms with E-state index >= 15 is 0 Å². The molecule has 0 aliphatic heterocycles. The molecular formula is C38H49N3O2S. The summed E-state index contributed by atoms with van der Waals surface area (Å²) in [5, 5.41) is 4.39. The van der Waals surface area contributed by atoms with E-state index in [2.05, 4.69) is 71.6 Å². The molecule has 6 heteroatoms. The Kier molecular flexibility index (Phi) is 18.5. The first-order valence-corrected chi connectivity index (χ1v) is 17.0. The van der Waals surface area contributed by atoms with E-state index in [0.717, 1.165) is 24.0 Å². The minimum atomic E-state index is -0.489. The zero-order chi connectivity index (χ0) is 30.9. The maximum Gasteiger partial charge on any atom is 0.0906 e. The SMILES string of the molecule is CCCCCCCCC/C=C/C(C/C=C/[C@@H](OCc1ccccc1)[C@H](COCc1ccccc1)N=[N+]=[N-])Sc1ccccc1. The summed E-state index contributed by atoms with van der Waals surface area (Å²) in [5.41, 5.74) is 11.5. The molecule has 0 aliphatic carbocycles. The Hall–Kier alpha value is -3.28. The zero-order valence-electron chi connectivity index (χ0n) is 26.3. The number of hydrogen-bond acceptors (Lipinski definition) is 4. The highest BCUT2D eigenvalue weighted by Crippen LogP contribution is 2.27. The van der Waals surface area contributed by atoms with Crippen LogP contribution in [0.4, 0.5) is 0 Å². The molecule has 3 rings (SSSR count). The minimum absolute atomic E-state index is 0.267. The molecule has 0 saturated heterocycles. The Labute approximate surface area is 269 Å². The molecule has 0 spiro atoms. The van der Waals surface area contributed by atoms with Crippen LogP contribution in [-0.2, 0) is 22.7 Å². The van der Waals surface area contributed by atoms with Crippen molar-refractivity contribution in [1.82, 2.24) is 0 Å². The van der Waals surface area contributed by atoms with Gasteiger partial charge < -0.3 is 9.47 Å². The van der Waals surface area contributed by atoms with Crippen molar-refractivity contribution in [2.24, 2.45) is 5.11 Å². The van der Waals surface area contributed by atoms with Gasteiger partial charge in [-0.2, -0.15) is 0 Å². The van der Waals surface area contributed by atoms with Crippen LogP contribution in [0.2, 0.25) is 0 Å². The van der Waals surface area contributed by atoms with Crippen molar-refractivity contribution >= 4 is 11.8 Å². The Balaban J connectivity index is 1.64. The molecule has 44 heavy (non-hydrogen) atoms. The van der Waals surface area contributed by atoms with Crippen molar-refractivity contribution in [3.05, 3.63) is 137 Å². The largest absolute Gasteiger partial charge is 0.376 e. The monoisotopic (exact) mass is 611 g/mol. The van der Waals surface area contributed by atoms with Gasteiger partial charge in [0.1, 0.15) is 0 Å². The van der Waals surface area contributed by atoms with Crippen LogP contribution in [0.25, 0.3) is 10.4 Å². The summed E-state index contributed by atoms with van der Waals surface area (Å²) in [6.45, 7) is 3.41. The average Bonchev–Trinajstić information content (AvgIpc) is 3.06. The number of rotatable bonds is 23. The van der Waals surface area contributed by atoms with Gasteiger partial charge in [0.05, 0.1) is 32.0 Å². The Morgan fingerprint density at radius 3 is 2.02 bits per heavy atom. The van der Waals surface area contributed by atoms with Gasteiger partial charge in [0.2, 0.25) is 0 Å². The third kappa shape index (κ3) is 15.4. The molecule has 3 aromatic rings. The van der Waals surface area contributed by atoms with E-state index in [0.29, 0.717) is 18.5 Å². The van der Waals surface area contributed by atoms with Gasteiger partial charge >= 0.3 is 0 Å². The molecule has 3 atom stereocenters. The molecular weight excluding hydrogens is 563 g/mol. The van der Waals surface area contributed by atoms with Crippen LogP contribution in [-0.4, -0.2) is 24.0 Å². The predicted molar refractivity (Wildman–Crippen MR) is 186 cm³/mol. The number of nitrogens with zero attached hydrogens (tertiary/aromatic N) is 3. The lowest BCUT2D eigenvalue weighted by Crippen LogP contribution is -2.30. The molecule has 3 aromatic carbocycles. The van der Waals surface area contributed by atoms with Gasteiger partial charge in [-0.1, -0.05) is 154 Å². The number of azide groups is 1. The van der Waals surface area contributed by atoms with Crippen LogP contribution < -0.4 is 0 Å². The molecule has 0 radical (unpaired) electrons. The second-order valence-corrected chi connectivity index (χ2v) is 12.3. The minimum Gasteiger partial charge on any atom is -0.376 e. The molecule has 1 unspecified atom stereocenters. The van der Waals surface area contributed by atoms with Gasteiger partial charge in [0.25, 0.3) is 0 Å². The van der Waals surface area contributed by atoms with E-state index in [9.17, 15) is 5.53 Å². The number of benzene rings is 3. The molecule has 234 valence electrons. The van der Waals surface area contributed by atoms with E-state index in [1.807, 2.05) is 72.4 Å². The summed E-state index contributed by atoms with van der Waals surface area (Å²) in [6.07, 6.45) is 19.7. The van der Waals surface area contributed by atoms with Crippen LogP contribution >= 0.6 is 11.8 Å². The summed E-state index contributed by atoms with van der Waals surface area (Å²) < 4.78 is 12.3. The number of unbranched alkanes of at least 4 members (excludes halogenated alkanes) is 7. The van der Waals surface area contributed by atoms with Crippen molar-refractivity contribution in [2.45, 2.75) is 100 Å². The normalized spacial score (nSPS) is 13.6. The fourth-order valence-electron chi connectivity index (χ4n) is 4.85. The fourth-order valence-corrected chi connectivity index (χ4v) is 5.91. The Morgan fingerprint density at radius 1 is 0.750 bits per heavy atom. The van der Waals surface area contributed by atoms with Crippen molar-refractivity contribution in [3.8, 4) is 0 Å². The summed E-state index contributed by atoms with van der Waals surface area (Å²) in [7, 11) is 0. The molecule has 0 aromatic heterocycles. The second kappa shape index (κ2) is 23.1. The van der Waals surface area contributed by atoms with E-state index in [4.69, 9.17) is 9.47 Å². The molecule has 0 aliphatic rings. The predicted octanol–water partition coefficient (Wildman–Crippen LogP) is 11.3. The van der Waals surface area contributed by atoms with Gasteiger partial charge in [-0.25, -0.2) is 0 Å². The van der Waals surface area contributed by atoms with E-state index < -0.39 is 12.1 Å². The summed E-state index contributed by atoms with van der Waals surface area (Å²) in [5.74, 6) is 0. The van der Waals surface area contributed by atoms with Gasteiger partial charge in [0.15, 0.2) is 0 Å². The van der Waals surface area contributed by atoms with Gasteiger partial charge in [-0.15, -0.1) is 11.8 Å². The number of ether oxygens (including phenoxy) is 2. The highest BCUT2D eigenvalue weighted by Gasteiger charge is 2.20. The lowest BCUT2D eigenvalue weighted by Gasteiger charge is -2.22. The van der Waals surface area contributed by atoms with E-state index in [1.54, 1.807) is 0 Å². The number of thioether (sulfide) groups is 1. The smallest absolute Gasteiger partial charge is 0.0906 e. The summed E-state index contributed by atoms with van der Waals surface area (Å²) in [6, 6.07) is 30.2. The Bertz CT molecular complexity index is 1230. The maximum absolute atomic E-state index is 9.39. The van der Waals surface area contributed by atoms with Crippen LogP contribution in [0.3, 0.4) is 0 Å². The molecule has 0 heterocycles. The van der Waals surface area contributed by atoms with Gasteiger partial charge in [-0.3, -0.25) is 0 Å². The first-order valence-electron chi connectivity index (χ1n) is 16.1. The third-order valence-corrected chi connectivity index (χ3v) is 8.51. The van der Waals surface area contributed by atoms with E-state index in [1.165, 1.54) is 49.8 Å². The van der Waals surface area contributed by atoms with Crippen LogP contribution in [0.15, 0.2) is 125 Å². The third-order valence-electron chi connectivity index (χ3n) is 7.31. The van der Waals surface area contributed by atoms with Crippen LogP contribution in [0.5, 0.6) is 0 Å². The topological polar surface area (TPSA) is 67.2 Å². The van der Waals surface area contributed by atoms with Gasteiger partial charge in [0, 0.05) is 15.1 Å². The number of allylic oxidation sites excluding steroid dienone is 2. The lowest BCUT2D eigenvalue weighted by atomic mass is 10.1. The molecule has 5 nitrogen and oxygen atoms in total. The maximum atomic E-state index is 9.39. The highest BCUT2D eigenvalue weighted by molar-refractivity contribution is 8.00. The summed E-state index contributed by atoms with van der Waals surface area (Å²) >= 11 is 1.87. The standard InChI is InChI=1S/C38H49N3O2S/c1-2-3-4-5-6-7-8-9-17-25-36(44-35-26-18-12-19-27-35)28-20-29-38(43-31-34-23-15-11-16-24-34)37(40-41-39)32-42-30-33-21-13-10-14-22-33/h10-27,29,36-38H,2-9,28,30-32H2,1H3/b25-17+,29-20+/t36?,37-,38+/m0/s1. The van der Waals surface area contributed by atoms with Gasteiger partial charge in [-0.05, 0) is 48.1 Å². The molecule has 0 fully saturated rings. The number of hydrogen-bond donors (Lipinski definition) is 0. The van der Waals surface area contributed by atoms with E-state index in [-0.39, 0.29) is 6.61 Å².